The van der Waals surface area contributed by atoms with Crippen molar-refractivity contribution in [2.45, 2.75) is 42.1 Å². The molecule has 3 aromatic carbocycles. The maximum atomic E-state index is 13.6. The van der Waals surface area contributed by atoms with Crippen molar-refractivity contribution >= 4 is 15.7 Å². The minimum absolute atomic E-state index is 0.0227. The number of rotatable bonds is 9. The van der Waals surface area contributed by atoms with Gasteiger partial charge < -0.3 is 14.5 Å². The molecule has 0 aliphatic carbocycles. The van der Waals surface area contributed by atoms with Crippen molar-refractivity contribution in [3.05, 3.63) is 89.7 Å². The highest BCUT2D eigenvalue weighted by Gasteiger charge is 2.30. The van der Waals surface area contributed by atoms with Crippen LogP contribution in [-0.4, -0.2) is 45.0 Å². The van der Waals surface area contributed by atoms with Crippen LogP contribution in [0.2, 0.25) is 0 Å². The lowest BCUT2D eigenvalue weighted by molar-refractivity contribution is 0.170. The number of sulfone groups is 1. The number of hydrogen-bond donors (Lipinski definition) is 1. The summed E-state index contributed by atoms with van der Waals surface area (Å²) >= 11 is 0. The second-order valence-corrected chi connectivity index (χ2v) is 11.6. The third-order valence-corrected chi connectivity index (χ3v) is 8.74. The number of ether oxygens (including phenoxy) is 1. The Labute approximate surface area is 228 Å². The summed E-state index contributed by atoms with van der Waals surface area (Å²) < 4.78 is 52.2. The molecule has 0 spiro atoms. The number of piperidine rings is 1. The lowest BCUT2D eigenvalue weighted by Gasteiger charge is -2.35. The van der Waals surface area contributed by atoms with Crippen molar-refractivity contribution in [1.29, 1.82) is 0 Å². The first-order valence-electron chi connectivity index (χ1n) is 13.1. The number of oxazole rings is 1. The molecule has 0 saturated carbocycles. The Balaban J connectivity index is 1.51. The molecule has 0 amide bonds. The lowest BCUT2D eigenvalue weighted by atomic mass is 10.0. The molecule has 0 bridgehead atoms. The molecule has 2 heterocycles. The van der Waals surface area contributed by atoms with Crippen molar-refractivity contribution in [2.75, 3.05) is 32.1 Å². The van der Waals surface area contributed by atoms with Gasteiger partial charge in [-0.1, -0.05) is 36.2 Å². The van der Waals surface area contributed by atoms with Gasteiger partial charge in [0.2, 0.25) is 26.6 Å². The average Bonchev–Trinajstić information content (AvgIpc) is 3.40. The topological polar surface area (TPSA) is 84.7 Å². The van der Waals surface area contributed by atoms with E-state index in [-0.39, 0.29) is 27.7 Å². The molecular weight excluding hydrogens is 517 g/mol. The molecule has 1 atom stereocenters. The summed E-state index contributed by atoms with van der Waals surface area (Å²) in [5, 5.41) is 3.05. The van der Waals surface area contributed by atoms with E-state index in [1.165, 1.54) is 18.6 Å². The summed E-state index contributed by atoms with van der Waals surface area (Å²) in [5.41, 5.74) is 2.81. The van der Waals surface area contributed by atoms with E-state index in [0.717, 1.165) is 54.9 Å². The number of hydrogen-bond acceptors (Lipinski definition) is 7. The number of methoxy groups -OCH3 is 1. The minimum Gasteiger partial charge on any atom is -0.497 e. The molecule has 1 aliphatic heterocycles. The number of nitrogens with zero attached hydrogens (tertiary/aromatic N) is 2. The monoisotopic (exact) mass is 549 g/mol. The molecule has 1 aliphatic rings. The van der Waals surface area contributed by atoms with Crippen LogP contribution in [0.15, 0.2) is 87.1 Å². The van der Waals surface area contributed by atoms with Gasteiger partial charge in [-0.15, -0.1) is 0 Å². The summed E-state index contributed by atoms with van der Waals surface area (Å²) in [5.74, 6) is 0.508. The van der Waals surface area contributed by atoms with Gasteiger partial charge in [0, 0.05) is 12.1 Å². The summed E-state index contributed by atoms with van der Waals surface area (Å²) in [4.78, 5) is 6.77. The molecular formula is C30H32FN3O4S. The van der Waals surface area contributed by atoms with Gasteiger partial charge in [0.15, 0.2) is 0 Å². The van der Waals surface area contributed by atoms with Crippen molar-refractivity contribution in [3.63, 3.8) is 0 Å². The van der Waals surface area contributed by atoms with Crippen molar-refractivity contribution in [3.8, 4) is 17.2 Å². The molecule has 1 unspecified atom stereocenters. The van der Waals surface area contributed by atoms with E-state index in [2.05, 4.69) is 15.2 Å². The molecule has 0 radical (unpaired) electrons. The Morgan fingerprint density at radius 2 is 1.64 bits per heavy atom. The van der Waals surface area contributed by atoms with Crippen LogP contribution in [0.5, 0.6) is 5.75 Å². The largest absolute Gasteiger partial charge is 0.497 e. The van der Waals surface area contributed by atoms with Gasteiger partial charge in [-0.05, 0) is 86.9 Å². The molecule has 204 valence electrons. The third kappa shape index (κ3) is 5.99. The first-order chi connectivity index (χ1) is 18.8. The molecule has 7 nitrogen and oxygen atoms in total. The zero-order chi connectivity index (χ0) is 27.4. The van der Waals surface area contributed by atoms with Crippen LogP contribution in [0.1, 0.15) is 36.4 Å². The SMILES string of the molecule is COc1ccc(C(CNc2oc(-c3ccc(C)cc3)nc2S(=O)(=O)c2ccc(F)cc2)N2CCCCC2)cc1. The fourth-order valence-electron chi connectivity index (χ4n) is 4.85. The predicted molar refractivity (Wildman–Crippen MR) is 148 cm³/mol. The van der Waals surface area contributed by atoms with E-state index in [0.29, 0.717) is 12.1 Å². The second kappa shape index (κ2) is 11.6. The van der Waals surface area contributed by atoms with Gasteiger partial charge in [-0.3, -0.25) is 4.90 Å². The van der Waals surface area contributed by atoms with Crippen LogP contribution >= 0.6 is 0 Å². The van der Waals surface area contributed by atoms with E-state index < -0.39 is 15.7 Å². The van der Waals surface area contributed by atoms with Gasteiger partial charge in [0.05, 0.1) is 18.0 Å². The van der Waals surface area contributed by atoms with Crippen LogP contribution in [0, 0.1) is 12.7 Å². The first kappa shape index (κ1) is 26.9. The molecule has 1 aromatic heterocycles. The summed E-state index contributed by atoms with van der Waals surface area (Å²) in [6.07, 6.45) is 3.41. The van der Waals surface area contributed by atoms with Gasteiger partial charge >= 0.3 is 0 Å². The Hall–Kier alpha value is -3.69. The number of anilines is 1. The predicted octanol–water partition coefficient (Wildman–Crippen LogP) is 6.27. The molecule has 39 heavy (non-hydrogen) atoms. The summed E-state index contributed by atoms with van der Waals surface area (Å²) in [6.45, 7) is 4.27. The second-order valence-electron chi connectivity index (χ2n) is 9.74. The Bertz CT molecular complexity index is 1500. The fraction of sp³-hybridized carbons (Fsp3) is 0.300. The molecule has 4 aromatic rings. The molecule has 1 N–H and O–H groups in total. The van der Waals surface area contributed by atoms with Crippen molar-refractivity contribution < 1.29 is 22.0 Å². The normalized spacial score (nSPS) is 15.2. The van der Waals surface area contributed by atoms with Crippen LogP contribution in [0.25, 0.3) is 11.5 Å². The fourth-order valence-corrected chi connectivity index (χ4v) is 6.13. The number of aromatic nitrogens is 1. The van der Waals surface area contributed by atoms with Crippen LogP contribution in [0.3, 0.4) is 0 Å². The highest BCUT2D eigenvalue weighted by molar-refractivity contribution is 7.91. The third-order valence-electron chi connectivity index (χ3n) is 7.06. The van der Waals surface area contributed by atoms with E-state index in [9.17, 15) is 12.8 Å². The maximum absolute atomic E-state index is 13.6. The smallest absolute Gasteiger partial charge is 0.233 e. The Morgan fingerprint density at radius 1 is 0.974 bits per heavy atom. The highest BCUT2D eigenvalue weighted by atomic mass is 32.2. The minimum atomic E-state index is -4.09. The van der Waals surface area contributed by atoms with E-state index >= 15 is 0 Å². The van der Waals surface area contributed by atoms with Gasteiger partial charge in [0.1, 0.15) is 11.6 Å². The van der Waals surface area contributed by atoms with Crippen molar-refractivity contribution in [1.82, 2.24) is 9.88 Å². The van der Waals surface area contributed by atoms with E-state index in [1.807, 2.05) is 55.5 Å². The Kier molecular flexibility index (Phi) is 7.99. The summed E-state index contributed by atoms with van der Waals surface area (Å²) in [7, 11) is -2.46. The standard InChI is InChI=1S/C30H32FN3O4S/c1-21-6-8-23(9-7-21)28-33-30(39(35,36)26-16-12-24(31)13-17-26)29(38-28)32-20-27(34-18-4-3-5-19-34)22-10-14-25(37-2)15-11-22/h6-17,27,32H,3-5,18-20H2,1-2H3. The molecule has 5 rings (SSSR count). The zero-order valence-corrected chi connectivity index (χ0v) is 22.9. The van der Waals surface area contributed by atoms with E-state index in [4.69, 9.17) is 9.15 Å². The summed E-state index contributed by atoms with van der Waals surface area (Å²) in [6, 6.07) is 20.1. The van der Waals surface area contributed by atoms with Crippen LogP contribution in [0.4, 0.5) is 10.3 Å². The highest BCUT2D eigenvalue weighted by Crippen LogP contribution is 2.34. The molecule has 1 saturated heterocycles. The van der Waals surface area contributed by atoms with E-state index in [1.54, 1.807) is 7.11 Å². The first-order valence-corrected chi connectivity index (χ1v) is 14.5. The lowest BCUT2D eigenvalue weighted by Crippen LogP contribution is -2.37. The van der Waals surface area contributed by atoms with Crippen LogP contribution in [-0.2, 0) is 9.84 Å². The quantitative estimate of drug-likeness (QED) is 0.246. The number of aryl methyl sites for hydroxylation is 1. The van der Waals surface area contributed by atoms with Crippen LogP contribution < -0.4 is 10.1 Å². The molecule has 9 heteroatoms. The molecule has 1 fully saturated rings. The van der Waals surface area contributed by atoms with Crippen molar-refractivity contribution in [2.24, 2.45) is 0 Å². The van der Waals surface area contributed by atoms with Gasteiger partial charge in [-0.2, -0.15) is 4.98 Å². The number of benzene rings is 3. The number of likely N-dealkylation sites (tertiary alicyclic amines) is 1. The number of nitrogens with one attached hydrogen (secondary N) is 1. The van der Waals surface area contributed by atoms with Gasteiger partial charge in [-0.25, -0.2) is 12.8 Å². The maximum Gasteiger partial charge on any atom is 0.233 e. The Morgan fingerprint density at radius 3 is 2.28 bits per heavy atom. The number of halogens is 1. The van der Waals surface area contributed by atoms with Gasteiger partial charge in [0.25, 0.3) is 0 Å². The average molecular weight is 550 g/mol. The zero-order valence-electron chi connectivity index (χ0n) is 22.1.